The monoisotopic (exact) mass is 419 g/mol. The maximum Gasteiger partial charge on any atom is 0.246 e. The van der Waals surface area contributed by atoms with Crippen molar-refractivity contribution in [3.05, 3.63) is 82.7 Å². The first-order chi connectivity index (χ1) is 14.9. The second kappa shape index (κ2) is 9.98. The van der Waals surface area contributed by atoms with Crippen LogP contribution in [0.4, 0.5) is 0 Å². The molecule has 0 aliphatic heterocycles. The summed E-state index contributed by atoms with van der Waals surface area (Å²) < 4.78 is 13.2. The highest BCUT2D eigenvalue weighted by atomic mass is 16.5. The van der Waals surface area contributed by atoms with Crippen molar-refractivity contribution < 1.29 is 14.3 Å². The average Bonchev–Trinajstić information content (AvgIpc) is 3.09. The molecule has 3 aromatic rings. The third-order valence-electron chi connectivity index (χ3n) is 5.26. The number of likely N-dealkylation sites (N-methyl/N-ethyl adjacent to an activating group) is 1. The number of aromatic nitrogens is 2. The van der Waals surface area contributed by atoms with Crippen LogP contribution in [-0.4, -0.2) is 34.7 Å². The zero-order valence-electron chi connectivity index (χ0n) is 18.8. The number of hydrogen-bond donors (Lipinski definition) is 0. The van der Waals surface area contributed by atoms with Crippen molar-refractivity contribution in [2.45, 2.75) is 27.0 Å². The Balaban J connectivity index is 1.66. The number of benzene rings is 2. The Kier molecular flexibility index (Phi) is 7.13. The molecule has 0 unspecified atom stereocenters. The largest absolute Gasteiger partial charge is 0.496 e. The molecule has 0 aliphatic carbocycles. The van der Waals surface area contributed by atoms with Gasteiger partial charge in [-0.2, -0.15) is 5.10 Å². The molecule has 0 N–H and O–H groups in total. The first-order valence-corrected chi connectivity index (χ1v) is 10.1. The van der Waals surface area contributed by atoms with Crippen LogP contribution in [-0.2, 0) is 25.0 Å². The van der Waals surface area contributed by atoms with Crippen molar-refractivity contribution >= 4 is 12.0 Å². The van der Waals surface area contributed by atoms with Gasteiger partial charge in [-0.05, 0) is 49.8 Å². The molecule has 0 radical (unpaired) electrons. The number of carbonyl (C=O) groups is 1. The lowest BCUT2D eigenvalue weighted by molar-refractivity contribution is -0.125. The van der Waals surface area contributed by atoms with Crippen molar-refractivity contribution in [2.75, 3.05) is 14.2 Å². The van der Waals surface area contributed by atoms with E-state index in [4.69, 9.17) is 9.47 Å². The summed E-state index contributed by atoms with van der Waals surface area (Å²) in [6.07, 6.45) is 5.19. The molecule has 0 aliphatic rings. The van der Waals surface area contributed by atoms with Crippen molar-refractivity contribution in [2.24, 2.45) is 7.05 Å². The van der Waals surface area contributed by atoms with Gasteiger partial charge in [0.1, 0.15) is 18.1 Å². The van der Waals surface area contributed by atoms with Gasteiger partial charge in [0, 0.05) is 43.5 Å². The topological polar surface area (TPSA) is 56.6 Å². The van der Waals surface area contributed by atoms with Crippen LogP contribution in [0.25, 0.3) is 6.08 Å². The maximum absolute atomic E-state index is 12.5. The standard InChI is InChI=1S/C25H29N3O3/c1-18-6-10-23(11-7-18)31-17-21-14-20(8-12-24(21)30-5)9-13-25(29)27(3)16-22-15-26-28(4)19(22)2/h6-15H,16-17H2,1-5H3/b13-9+. The van der Waals surface area contributed by atoms with Gasteiger partial charge in [-0.1, -0.05) is 23.8 Å². The van der Waals surface area contributed by atoms with Gasteiger partial charge in [0.25, 0.3) is 0 Å². The van der Waals surface area contributed by atoms with E-state index in [1.165, 1.54) is 5.56 Å². The fourth-order valence-corrected chi connectivity index (χ4v) is 3.14. The van der Waals surface area contributed by atoms with Crippen LogP contribution in [0.3, 0.4) is 0 Å². The summed E-state index contributed by atoms with van der Waals surface area (Å²) in [6.45, 7) is 4.93. The molecule has 162 valence electrons. The van der Waals surface area contributed by atoms with E-state index in [1.807, 2.05) is 69.4 Å². The smallest absolute Gasteiger partial charge is 0.246 e. The summed E-state index contributed by atoms with van der Waals surface area (Å²) in [5.74, 6) is 1.48. The number of aryl methyl sites for hydroxylation is 2. The van der Waals surface area contributed by atoms with E-state index in [9.17, 15) is 4.79 Å². The van der Waals surface area contributed by atoms with Gasteiger partial charge in [0.15, 0.2) is 0 Å². The Morgan fingerprint density at radius 3 is 2.52 bits per heavy atom. The molecule has 2 aromatic carbocycles. The van der Waals surface area contributed by atoms with Gasteiger partial charge >= 0.3 is 0 Å². The first kappa shape index (κ1) is 22.2. The molecule has 0 saturated heterocycles. The summed E-state index contributed by atoms with van der Waals surface area (Å²) in [4.78, 5) is 14.2. The SMILES string of the molecule is COc1ccc(/C=C/C(=O)N(C)Cc2cnn(C)c2C)cc1COc1ccc(C)cc1. The van der Waals surface area contributed by atoms with Crippen molar-refractivity contribution in [3.63, 3.8) is 0 Å². The Bertz CT molecular complexity index is 1070. The maximum atomic E-state index is 12.5. The predicted octanol–water partition coefficient (Wildman–Crippen LogP) is 4.30. The molecule has 3 rings (SSSR count). The van der Waals surface area contributed by atoms with Crippen LogP contribution in [0.15, 0.2) is 54.7 Å². The van der Waals surface area contributed by atoms with Gasteiger partial charge in [-0.15, -0.1) is 0 Å². The van der Waals surface area contributed by atoms with E-state index in [0.717, 1.165) is 33.9 Å². The van der Waals surface area contributed by atoms with E-state index < -0.39 is 0 Å². The Morgan fingerprint density at radius 1 is 1.13 bits per heavy atom. The van der Waals surface area contributed by atoms with Crippen LogP contribution < -0.4 is 9.47 Å². The molecule has 0 spiro atoms. The highest BCUT2D eigenvalue weighted by Crippen LogP contribution is 2.23. The van der Waals surface area contributed by atoms with E-state index in [0.29, 0.717) is 13.2 Å². The summed E-state index contributed by atoms with van der Waals surface area (Å²) >= 11 is 0. The number of amides is 1. The molecule has 6 heteroatoms. The second-order valence-corrected chi connectivity index (χ2v) is 7.58. The lowest BCUT2D eigenvalue weighted by atomic mass is 10.1. The molecular weight excluding hydrogens is 390 g/mol. The number of methoxy groups -OCH3 is 1. The van der Waals surface area contributed by atoms with E-state index in [1.54, 1.807) is 36.0 Å². The molecule has 0 saturated carbocycles. The zero-order valence-corrected chi connectivity index (χ0v) is 18.8. The Labute approximate surface area is 183 Å². The third-order valence-corrected chi connectivity index (χ3v) is 5.26. The summed E-state index contributed by atoms with van der Waals surface area (Å²) in [6, 6.07) is 13.7. The minimum absolute atomic E-state index is 0.0727. The summed E-state index contributed by atoms with van der Waals surface area (Å²) in [7, 11) is 5.32. The van der Waals surface area contributed by atoms with Crippen molar-refractivity contribution in [1.29, 1.82) is 0 Å². The fourth-order valence-electron chi connectivity index (χ4n) is 3.14. The van der Waals surface area contributed by atoms with E-state index in [2.05, 4.69) is 5.10 Å². The Hall–Kier alpha value is -3.54. The number of rotatable bonds is 8. The fraction of sp³-hybridized carbons (Fsp3) is 0.280. The van der Waals surface area contributed by atoms with Gasteiger partial charge < -0.3 is 14.4 Å². The number of nitrogens with zero attached hydrogens (tertiary/aromatic N) is 3. The molecule has 0 bridgehead atoms. The molecule has 6 nitrogen and oxygen atoms in total. The number of carbonyl (C=O) groups excluding carboxylic acids is 1. The normalized spacial score (nSPS) is 11.0. The molecule has 1 amide bonds. The van der Waals surface area contributed by atoms with Gasteiger partial charge in [0.2, 0.25) is 5.91 Å². The van der Waals surface area contributed by atoms with Crippen LogP contribution in [0.2, 0.25) is 0 Å². The molecule has 0 fully saturated rings. The van der Waals surface area contributed by atoms with E-state index >= 15 is 0 Å². The van der Waals surface area contributed by atoms with E-state index in [-0.39, 0.29) is 5.91 Å². The second-order valence-electron chi connectivity index (χ2n) is 7.58. The minimum Gasteiger partial charge on any atom is -0.496 e. The molecule has 0 atom stereocenters. The molecule has 1 aromatic heterocycles. The van der Waals surface area contributed by atoms with Gasteiger partial charge in [-0.25, -0.2) is 0 Å². The Morgan fingerprint density at radius 2 is 1.87 bits per heavy atom. The quantitative estimate of drug-likeness (QED) is 0.511. The zero-order chi connectivity index (χ0) is 22.4. The third kappa shape index (κ3) is 5.75. The number of ether oxygens (including phenoxy) is 2. The molecule has 1 heterocycles. The highest BCUT2D eigenvalue weighted by molar-refractivity contribution is 5.91. The van der Waals surface area contributed by atoms with Crippen LogP contribution in [0.1, 0.15) is 27.9 Å². The van der Waals surface area contributed by atoms with Crippen LogP contribution >= 0.6 is 0 Å². The summed E-state index contributed by atoms with van der Waals surface area (Å²) in [5, 5.41) is 4.23. The van der Waals surface area contributed by atoms with Crippen molar-refractivity contribution in [1.82, 2.24) is 14.7 Å². The molecular formula is C25H29N3O3. The van der Waals surface area contributed by atoms with Gasteiger partial charge in [0.05, 0.1) is 13.3 Å². The number of hydrogen-bond acceptors (Lipinski definition) is 4. The summed E-state index contributed by atoms with van der Waals surface area (Å²) in [5.41, 5.74) is 5.09. The predicted molar refractivity (Wildman–Crippen MR) is 122 cm³/mol. The van der Waals surface area contributed by atoms with Crippen LogP contribution in [0, 0.1) is 13.8 Å². The average molecular weight is 420 g/mol. The lowest BCUT2D eigenvalue weighted by Crippen LogP contribution is -2.24. The van der Waals surface area contributed by atoms with Crippen LogP contribution in [0.5, 0.6) is 11.5 Å². The van der Waals surface area contributed by atoms with Gasteiger partial charge in [-0.3, -0.25) is 9.48 Å². The first-order valence-electron chi connectivity index (χ1n) is 10.1. The lowest BCUT2D eigenvalue weighted by Gasteiger charge is -2.15. The van der Waals surface area contributed by atoms with Crippen molar-refractivity contribution in [3.8, 4) is 11.5 Å². The minimum atomic E-state index is -0.0727. The highest BCUT2D eigenvalue weighted by Gasteiger charge is 2.11. The molecule has 31 heavy (non-hydrogen) atoms.